The monoisotopic (exact) mass is 355 g/mol. The molecule has 0 atom stereocenters. The molecule has 5 nitrogen and oxygen atoms in total. The Morgan fingerprint density at radius 3 is 2.56 bits per heavy atom. The fraction of sp³-hybridized carbons (Fsp3) is 0.263. The molecular weight excluding hydrogens is 334 g/mol. The Morgan fingerprint density at radius 1 is 1.04 bits per heavy atom. The molecule has 0 spiro atoms. The van der Waals surface area contributed by atoms with Crippen LogP contribution in [0.25, 0.3) is 10.9 Å². The molecule has 1 N–H and O–H groups in total. The van der Waals surface area contributed by atoms with Crippen molar-refractivity contribution in [2.24, 2.45) is 0 Å². The van der Waals surface area contributed by atoms with Crippen LogP contribution in [0, 0.1) is 13.8 Å². The molecule has 0 aliphatic rings. The number of aryl methyl sites for hydroxylation is 2. The van der Waals surface area contributed by atoms with E-state index in [9.17, 15) is 8.42 Å². The first-order chi connectivity index (χ1) is 11.8. The molecule has 1 aromatic heterocycles. The van der Waals surface area contributed by atoms with Gasteiger partial charge < -0.3 is 5.32 Å². The smallest absolute Gasteiger partial charge is 0.175 e. The molecule has 0 radical (unpaired) electrons. The van der Waals surface area contributed by atoms with E-state index in [4.69, 9.17) is 0 Å². The van der Waals surface area contributed by atoms with Crippen LogP contribution in [0.4, 0.5) is 5.82 Å². The summed E-state index contributed by atoms with van der Waals surface area (Å²) >= 11 is 0. The highest BCUT2D eigenvalue weighted by atomic mass is 32.2. The van der Waals surface area contributed by atoms with E-state index in [1.807, 2.05) is 0 Å². The van der Waals surface area contributed by atoms with Gasteiger partial charge in [-0.2, -0.15) is 0 Å². The average molecular weight is 355 g/mol. The van der Waals surface area contributed by atoms with Gasteiger partial charge in [-0.3, -0.25) is 0 Å². The van der Waals surface area contributed by atoms with Crippen LogP contribution in [0.1, 0.15) is 16.7 Å². The zero-order valence-electron chi connectivity index (χ0n) is 14.6. The third kappa shape index (κ3) is 3.96. The van der Waals surface area contributed by atoms with Crippen molar-refractivity contribution in [3.63, 3.8) is 0 Å². The van der Waals surface area contributed by atoms with Crippen LogP contribution in [0.15, 0.2) is 47.6 Å². The molecule has 0 unspecified atom stereocenters. The van der Waals surface area contributed by atoms with E-state index in [2.05, 4.69) is 47.3 Å². The Hall–Kier alpha value is -2.47. The molecule has 0 amide bonds. The number of fused-ring (bicyclic) bond motifs is 1. The SMILES string of the molecule is Cc1ccc(CCNc2ncnc3ccc(S(C)(=O)=O)cc23)c(C)c1. The summed E-state index contributed by atoms with van der Waals surface area (Å²) in [5.41, 5.74) is 4.53. The van der Waals surface area contributed by atoms with Gasteiger partial charge in [0.05, 0.1) is 10.4 Å². The first kappa shape index (κ1) is 17.4. The van der Waals surface area contributed by atoms with E-state index < -0.39 is 9.84 Å². The maximum atomic E-state index is 11.8. The van der Waals surface area contributed by atoms with Gasteiger partial charge in [0.25, 0.3) is 0 Å². The number of aromatic nitrogens is 2. The number of benzene rings is 2. The number of hydrogen-bond acceptors (Lipinski definition) is 5. The Balaban J connectivity index is 1.83. The van der Waals surface area contributed by atoms with Gasteiger partial charge in [0.15, 0.2) is 9.84 Å². The first-order valence-electron chi connectivity index (χ1n) is 8.09. The number of hydrogen-bond donors (Lipinski definition) is 1. The summed E-state index contributed by atoms with van der Waals surface area (Å²) in [5.74, 6) is 0.653. The first-order valence-corrected chi connectivity index (χ1v) is 9.98. The summed E-state index contributed by atoms with van der Waals surface area (Å²) in [7, 11) is -3.27. The largest absolute Gasteiger partial charge is 0.369 e. The third-order valence-corrected chi connectivity index (χ3v) is 5.33. The average Bonchev–Trinajstić information content (AvgIpc) is 2.55. The summed E-state index contributed by atoms with van der Waals surface area (Å²) < 4.78 is 23.6. The lowest BCUT2D eigenvalue weighted by Gasteiger charge is -2.11. The van der Waals surface area contributed by atoms with Gasteiger partial charge in [-0.15, -0.1) is 0 Å². The maximum absolute atomic E-state index is 11.8. The van der Waals surface area contributed by atoms with Crippen molar-refractivity contribution in [2.45, 2.75) is 25.2 Å². The van der Waals surface area contributed by atoms with Crippen LogP contribution < -0.4 is 5.32 Å². The molecule has 0 saturated carbocycles. The van der Waals surface area contributed by atoms with Crippen molar-refractivity contribution in [1.82, 2.24) is 9.97 Å². The number of sulfone groups is 1. The fourth-order valence-electron chi connectivity index (χ4n) is 2.85. The minimum atomic E-state index is -3.27. The maximum Gasteiger partial charge on any atom is 0.175 e. The topological polar surface area (TPSA) is 72.0 Å². The predicted octanol–water partition coefficient (Wildman–Crippen LogP) is 3.30. The van der Waals surface area contributed by atoms with Gasteiger partial charge >= 0.3 is 0 Å². The molecule has 0 fully saturated rings. The third-order valence-electron chi connectivity index (χ3n) is 4.22. The zero-order chi connectivity index (χ0) is 18.0. The highest BCUT2D eigenvalue weighted by Gasteiger charge is 2.11. The molecule has 3 aromatic rings. The molecule has 0 aliphatic heterocycles. The summed E-state index contributed by atoms with van der Waals surface area (Å²) in [6.45, 7) is 4.90. The number of rotatable bonds is 5. The van der Waals surface area contributed by atoms with Gasteiger partial charge in [0.2, 0.25) is 0 Å². The van der Waals surface area contributed by atoms with E-state index >= 15 is 0 Å². The summed E-state index contributed by atoms with van der Waals surface area (Å²) in [5, 5.41) is 4.02. The van der Waals surface area contributed by atoms with E-state index in [1.165, 1.54) is 29.3 Å². The molecule has 0 aliphatic carbocycles. The van der Waals surface area contributed by atoms with Gasteiger partial charge in [-0.25, -0.2) is 18.4 Å². The van der Waals surface area contributed by atoms with E-state index in [0.717, 1.165) is 11.9 Å². The van der Waals surface area contributed by atoms with E-state index in [0.29, 0.717) is 17.7 Å². The standard InChI is InChI=1S/C19H21N3O2S/c1-13-4-5-15(14(2)10-13)8-9-20-19-17-11-16(25(3,23)24)6-7-18(17)21-12-22-19/h4-7,10-12H,8-9H2,1-3H3,(H,20,21,22). The second kappa shape index (κ2) is 6.80. The number of nitrogens with one attached hydrogen (secondary N) is 1. The van der Waals surface area contributed by atoms with Crippen molar-refractivity contribution in [1.29, 1.82) is 0 Å². The molecule has 0 saturated heterocycles. The summed E-state index contributed by atoms with van der Waals surface area (Å²) in [6.07, 6.45) is 3.55. The fourth-order valence-corrected chi connectivity index (χ4v) is 3.50. The van der Waals surface area contributed by atoms with Crippen molar-refractivity contribution >= 4 is 26.6 Å². The van der Waals surface area contributed by atoms with Crippen LogP contribution >= 0.6 is 0 Å². The van der Waals surface area contributed by atoms with Crippen LogP contribution in [0.3, 0.4) is 0 Å². The summed E-state index contributed by atoms with van der Waals surface area (Å²) in [6, 6.07) is 11.3. The lowest BCUT2D eigenvalue weighted by atomic mass is 10.0. The van der Waals surface area contributed by atoms with Gasteiger partial charge in [-0.05, 0) is 49.6 Å². The molecule has 1 heterocycles. The molecule has 0 bridgehead atoms. The van der Waals surface area contributed by atoms with Crippen molar-refractivity contribution in [3.05, 3.63) is 59.4 Å². The Bertz CT molecular complexity index is 1030. The Labute approximate surface area is 148 Å². The van der Waals surface area contributed by atoms with Crippen LogP contribution in [0.5, 0.6) is 0 Å². The zero-order valence-corrected chi connectivity index (χ0v) is 15.4. The Kier molecular flexibility index (Phi) is 4.72. The molecule has 2 aromatic carbocycles. The number of anilines is 1. The lowest BCUT2D eigenvalue weighted by molar-refractivity contribution is 0.602. The second-order valence-electron chi connectivity index (χ2n) is 6.28. The van der Waals surface area contributed by atoms with Crippen molar-refractivity contribution in [3.8, 4) is 0 Å². The predicted molar refractivity (Wildman–Crippen MR) is 101 cm³/mol. The van der Waals surface area contributed by atoms with Crippen LogP contribution in [0.2, 0.25) is 0 Å². The Morgan fingerprint density at radius 2 is 1.84 bits per heavy atom. The molecule has 6 heteroatoms. The van der Waals surface area contributed by atoms with Crippen molar-refractivity contribution in [2.75, 3.05) is 18.1 Å². The quantitative estimate of drug-likeness (QED) is 0.760. The minimum Gasteiger partial charge on any atom is -0.369 e. The van der Waals surface area contributed by atoms with Gasteiger partial charge in [0, 0.05) is 18.2 Å². The molecular formula is C19H21N3O2S. The van der Waals surface area contributed by atoms with E-state index in [-0.39, 0.29) is 4.90 Å². The normalized spacial score (nSPS) is 11.6. The van der Waals surface area contributed by atoms with Crippen LogP contribution in [-0.2, 0) is 16.3 Å². The molecule has 25 heavy (non-hydrogen) atoms. The lowest BCUT2D eigenvalue weighted by Crippen LogP contribution is -2.08. The van der Waals surface area contributed by atoms with Gasteiger partial charge in [0.1, 0.15) is 12.1 Å². The number of nitrogens with zero attached hydrogens (tertiary/aromatic N) is 2. The van der Waals surface area contributed by atoms with Crippen molar-refractivity contribution < 1.29 is 8.42 Å². The molecule has 3 rings (SSSR count). The van der Waals surface area contributed by atoms with E-state index in [1.54, 1.807) is 18.2 Å². The second-order valence-corrected chi connectivity index (χ2v) is 8.30. The summed E-state index contributed by atoms with van der Waals surface area (Å²) in [4.78, 5) is 8.76. The highest BCUT2D eigenvalue weighted by molar-refractivity contribution is 7.90. The van der Waals surface area contributed by atoms with Crippen LogP contribution in [-0.4, -0.2) is 31.2 Å². The molecule has 130 valence electrons. The highest BCUT2D eigenvalue weighted by Crippen LogP contribution is 2.23. The minimum absolute atomic E-state index is 0.271. The van der Waals surface area contributed by atoms with Gasteiger partial charge in [-0.1, -0.05) is 23.8 Å².